The Balaban J connectivity index is 2.02. The zero-order chi connectivity index (χ0) is 19.1. The zero-order valence-electron chi connectivity index (χ0n) is 16.4. The maximum Gasteiger partial charge on any atom is 0.0318 e. The number of hydrogen-bond donors (Lipinski definition) is 1. The fraction of sp³-hybridized carbons (Fsp3) is 0.192. The van der Waals surface area contributed by atoms with E-state index in [1.165, 1.54) is 56.3 Å². The van der Waals surface area contributed by atoms with E-state index in [9.17, 15) is 0 Å². The lowest BCUT2D eigenvalue weighted by molar-refractivity contribution is 0.975. The van der Waals surface area contributed by atoms with Gasteiger partial charge in [-0.1, -0.05) is 66.2 Å². The van der Waals surface area contributed by atoms with E-state index in [0.717, 1.165) is 5.56 Å². The van der Waals surface area contributed by atoms with Crippen molar-refractivity contribution in [2.75, 3.05) is 0 Å². The Labute approximate surface area is 161 Å². The van der Waals surface area contributed by atoms with E-state index in [-0.39, 0.29) is 5.92 Å². The highest BCUT2D eigenvalue weighted by atomic mass is 14.4. The standard InChI is InChI=1S/C26H25N/c1-16-12-13-22(19(4)18(16)3)24-11-7-9-21(15-27)26(24)25-17(2)14-20-8-5-6-10-23(20)25/h5-15,25,27H,1-4H3. The fourth-order valence-electron chi connectivity index (χ4n) is 4.38. The summed E-state index contributed by atoms with van der Waals surface area (Å²) in [5.41, 5.74) is 12.7. The Morgan fingerprint density at radius 3 is 2.33 bits per heavy atom. The van der Waals surface area contributed by atoms with Gasteiger partial charge in [0.2, 0.25) is 0 Å². The van der Waals surface area contributed by atoms with Crippen molar-refractivity contribution in [3.8, 4) is 11.1 Å². The number of aryl methyl sites for hydroxylation is 1. The minimum Gasteiger partial charge on any atom is -0.308 e. The summed E-state index contributed by atoms with van der Waals surface area (Å²) in [6.45, 7) is 8.79. The molecule has 0 heterocycles. The molecule has 1 nitrogen and oxygen atoms in total. The monoisotopic (exact) mass is 351 g/mol. The number of fused-ring (bicyclic) bond motifs is 1. The van der Waals surface area contributed by atoms with Gasteiger partial charge in [0.25, 0.3) is 0 Å². The van der Waals surface area contributed by atoms with Crippen molar-refractivity contribution in [2.24, 2.45) is 0 Å². The van der Waals surface area contributed by atoms with E-state index in [0.29, 0.717) is 0 Å². The summed E-state index contributed by atoms with van der Waals surface area (Å²) in [6.07, 6.45) is 3.79. The third-order valence-corrected chi connectivity index (χ3v) is 6.08. The first-order valence-electron chi connectivity index (χ1n) is 9.50. The molecule has 0 aliphatic heterocycles. The van der Waals surface area contributed by atoms with Gasteiger partial charge in [-0.3, -0.25) is 0 Å². The molecule has 27 heavy (non-hydrogen) atoms. The summed E-state index contributed by atoms with van der Waals surface area (Å²) >= 11 is 0. The zero-order valence-corrected chi connectivity index (χ0v) is 16.4. The van der Waals surface area contributed by atoms with Gasteiger partial charge in [-0.15, -0.1) is 0 Å². The summed E-state index contributed by atoms with van der Waals surface area (Å²) in [6, 6.07) is 19.4. The van der Waals surface area contributed by atoms with Crippen LogP contribution in [-0.2, 0) is 0 Å². The van der Waals surface area contributed by atoms with Crippen molar-refractivity contribution in [3.63, 3.8) is 0 Å². The molecular formula is C26H25N. The second-order valence-electron chi connectivity index (χ2n) is 7.58. The molecule has 0 saturated carbocycles. The molecular weight excluding hydrogens is 326 g/mol. The Kier molecular flexibility index (Phi) is 4.31. The predicted molar refractivity (Wildman–Crippen MR) is 116 cm³/mol. The first-order valence-corrected chi connectivity index (χ1v) is 9.50. The van der Waals surface area contributed by atoms with Crippen LogP contribution < -0.4 is 0 Å². The van der Waals surface area contributed by atoms with E-state index in [1.807, 2.05) is 0 Å². The molecule has 1 N–H and O–H groups in total. The number of allylic oxidation sites excluding steroid dienone is 1. The third-order valence-electron chi connectivity index (χ3n) is 6.08. The Bertz CT molecular complexity index is 1090. The maximum absolute atomic E-state index is 8.04. The first-order chi connectivity index (χ1) is 13.0. The minimum atomic E-state index is 0.204. The summed E-state index contributed by atoms with van der Waals surface area (Å²) < 4.78 is 0. The largest absolute Gasteiger partial charge is 0.308 e. The SMILES string of the molecule is CC1=Cc2ccccc2C1c1c(C=N)cccc1-c1ccc(C)c(C)c1C. The Morgan fingerprint density at radius 2 is 1.56 bits per heavy atom. The lowest BCUT2D eigenvalue weighted by atomic mass is 9.80. The predicted octanol–water partition coefficient (Wildman–Crippen LogP) is 6.83. The van der Waals surface area contributed by atoms with Crippen LogP contribution in [0.15, 0.2) is 60.2 Å². The number of benzene rings is 3. The van der Waals surface area contributed by atoms with Crippen LogP contribution in [0.25, 0.3) is 17.2 Å². The molecule has 1 atom stereocenters. The molecule has 0 aromatic heterocycles. The van der Waals surface area contributed by atoms with Gasteiger partial charge in [0.1, 0.15) is 0 Å². The molecule has 0 spiro atoms. The van der Waals surface area contributed by atoms with Gasteiger partial charge >= 0.3 is 0 Å². The van der Waals surface area contributed by atoms with Gasteiger partial charge in [0, 0.05) is 12.1 Å². The lowest BCUT2D eigenvalue weighted by Crippen LogP contribution is -2.07. The van der Waals surface area contributed by atoms with E-state index in [1.54, 1.807) is 0 Å². The Morgan fingerprint density at radius 1 is 0.778 bits per heavy atom. The summed E-state index contributed by atoms with van der Waals surface area (Å²) in [5, 5.41) is 8.04. The first kappa shape index (κ1) is 17.5. The molecule has 1 aliphatic rings. The van der Waals surface area contributed by atoms with Gasteiger partial charge in [0.15, 0.2) is 0 Å². The van der Waals surface area contributed by atoms with Gasteiger partial charge < -0.3 is 5.41 Å². The van der Waals surface area contributed by atoms with Crippen LogP contribution in [0, 0.1) is 26.2 Å². The van der Waals surface area contributed by atoms with Gasteiger partial charge in [-0.05, 0) is 77.8 Å². The molecule has 4 rings (SSSR count). The molecule has 3 aromatic carbocycles. The van der Waals surface area contributed by atoms with Crippen molar-refractivity contribution in [1.82, 2.24) is 0 Å². The van der Waals surface area contributed by atoms with Crippen LogP contribution >= 0.6 is 0 Å². The summed E-state index contributed by atoms with van der Waals surface area (Å²) in [7, 11) is 0. The van der Waals surface area contributed by atoms with E-state index < -0.39 is 0 Å². The van der Waals surface area contributed by atoms with E-state index >= 15 is 0 Å². The topological polar surface area (TPSA) is 23.9 Å². The molecule has 1 aliphatic carbocycles. The molecule has 0 bridgehead atoms. The van der Waals surface area contributed by atoms with Crippen LogP contribution in [0.1, 0.15) is 51.8 Å². The molecule has 1 heteroatoms. The van der Waals surface area contributed by atoms with Gasteiger partial charge in [0.05, 0.1) is 0 Å². The average Bonchev–Trinajstić information content (AvgIpc) is 3.01. The third kappa shape index (κ3) is 2.75. The van der Waals surface area contributed by atoms with Crippen LogP contribution in [0.4, 0.5) is 0 Å². The maximum atomic E-state index is 8.04. The van der Waals surface area contributed by atoms with E-state index in [2.05, 4.69) is 88.4 Å². The van der Waals surface area contributed by atoms with Crippen molar-refractivity contribution in [3.05, 3.63) is 99.1 Å². The van der Waals surface area contributed by atoms with Crippen LogP contribution in [0.5, 0.6) is 0 Å². The smallest absolute Gasteiger partial charge is 0.0318 e. The highest BCUT2D eigenvalue weighted by Crippen LogP contribution is 2.45. The molecule has 1 unspecified atom stereocenters. The van der Waals surface area contributed by atoms with Crippen LogP contribution in [-0.4, -0.2) is 6.21 Å². The molecule has 3 aromatic rings. The van der Waals surface area contributed by atoms with Crippen molar-refractivity contribution < 1.29 is 0 Å². The molecule has 0 fully saturated rings. The molecule has 0 amide bonds. The highest BCUT2D eigenvalue weighted by Gasteiger charge is 2.28. The van der Waals surface area contributed by atoms with Crippen molar-refractivity contribution in [1.29, 1.82) is 5.41 Å². The number of nitrogens with one attached hydrogen (secondary N) is 1. The van der Waals surface area contributed by atoms with Crippen molar-refractivity contribution >= 4 is 12.3 Å². The Hall–Kier alpha value is -2.93. The second-order valence-corrected chi connectivity index (χ2v) is 7.58. The second kappa shape index (κ2) is 6.66. The average molecular weight is 351 g/mol. The molecule has 134 valence electrons. The van der Waals surface area contributed by atoms with E-state index in [4.69, 9.17) is 5.41 Å². The summed E-state index contributed by atoms with van der Waals surface area (Å²) in [5.74, 6) is 0.204. The fourth-order valence-corrected chi connectivity index (χ4v) is 4.38. The van der Waals surface area contributed by atoms with Crippen LogP contribution in [0.2, 0.25) is 0 Å². The van der Waals surface area contributed by atoms with Gasteiger partial charge in [-0.2, -0.15) is 0 Å². The van der Waals surface area contributed by atoms with Crippen molar-refractivity contribution in [2.45, 2.75) is 33.6 Å². The molecule has 0 radical (unpaired) electrons. The number of rotatable bonds is 3. The normalized spacial score (nSPS) is 15.4. The highest BCUT2D eigenvalue weighted by molar-refractivity contribution is 5.88. The molecule has 0 saturated heterocycles. The lowest BCUT2D eigenvalue weighted by Gasteiger charge is -2.23. The quantitative estimate of drug-likeness (QED) is 0.500. The van der Waals surface area contributed by atoms with Gasteiger partial charge in [-0.25, -0.2) is 0 Å². The summed E-state index contributed by atoms with van der Waals surface area (Å²) in [4.78, 5) is 0. The van der Waals surface area contributed by atoms with Crippen LogP contribution in [0.3, 0.4) is 0 Å². The number of hydrogen-bond acceptors (Lipinski definition) is 1. The minimum absolute atomic E-state index is 0.204.